The van der Waals surface area contributed by atoms with E-state index in [0.717, 1.165) is 5.75 Å². The third kappa shape index (κ3) is 4.21. The first kappa shape index (κ1) is 17.1. The van der Waals surface area contributed by atoms with Gasteiger partial charge in [0.25, 0.3) is 0 Å². The molecule has 0 spiro atoms. The molecule has 126 valence electrons. The lowest BCUT2D eigenvalue weighted by atomic mass is 9.78. The molecule has 3 rings (SSSR count). The predicted octanol–water partition coefficient (Wildman–Crippen LogP) is 6.78. The summed E-state index contributed by atoms with van der Waals surface area (Å²) in [4.78, 5) is 0. The Labute approximate surface area is 150 Å². The van der Waals surface area contributed by atoms with Gasteiger partial charge in [-0.25, -0.2) is 0 Å². The summed E-state index contributed by atoms with van der Waals surface area (Å²) in [6, 6.07) is 17.4. The lowest BCUT2D eigenvalue weighted by molar-refractivity contribution is 0.340. The van der Waals surface area contributed by atoms with E-state index in [9.17, 15) is 0 Å². The molecule has 0 aromatic heterocycles. The number of ether oxygens (including phenoxy) is 1. The summed E-state index contributed by atoms with van der Waals surface area (Å²) < 4.78 is 5.51. The lowest BCUT2D eigenvalue weighted by Gasteiger charge is -2.27. The van der Waals surface area contributed by atoms with Crippen molar-refractivity contribution < 1.29 is 4.74 Å². The number of halogens is 1. The van der Waals surface area contributed by atoms with Gasteiger partial charge in [-0.15, -0.1) is 0 Å². The van der Waals surface area contributed by atoms with Crippen LogP contribution < -0.4 is 4.74 Å². The molecule has 1 aliphatic carbocycles. The van der Waals surface area contributed by atoms with Gasteiger partial charge in [0.05, 0.1) is 6.61 Å². The summed E-state index contributed by atoms with van der Waals surface area (Å²) >= 11 is 5.70. The van der Waals surface area contributed by atoms with Crippen molar-refractivity contribution >= 4 is 11.6 Å². The van der Waals surface area contributed by atoms with Gasteiger partial charge in [-0.1, -0.05) is 54.1 Å². The molecule has 0 saturated heterocycles. The summed E-state index contributed by atoms with van der Waals surface area (Å²) in [6.45, 7) is 2.71. The number of allylic oxidation sites excluding steroid dienone is 1. The lowest BCUT2D eigenvalue weighted by Crippen LogP contribution is -2.11. The van der Waals surface area contributed by atoms with Crippen molar-refractivity contribution in [2.45, 2.75) is 38.5 Å². The average molecular weight is 341 g/mol. The van der Waals surface area contributed by atoms with Gasteiger partial charge in [-0.2, -0.15) is 0 Å². The second kappa shape index (κ2) is 8.39. The van der Waals surface area contributed by atoms with Crippen LogP contribution in [0.5, 0.6) is 5.75 Å². The minimum absolute atomic E-state index is 0.668. The SMILES string of the molecule is CCOc1ccc(-c2ccc(C3CCC(C=CCl)CC3)cc2)cc1. The molecule has 1 fully saturated rings. The molecular weight excluding hydrogens is 316 g/mol. The van der Waals surface area contributed by atoms with E-state index < -0.39 is 0 Å². The Morgan fingerprint density at radius 3 is 2.04 bits per heavy atom. The Morgan fingerprint density at radius 2 is 1.50 bits per heavy atom. The van der Waals surface area contributed by atoms with Gasteiger partial charge in [0.15, 0.2) is 0 Å². The molecule has 1 saturated carbocycles. The summed E-state index contributed by atoms with van der Waals surface area (Å²) in [5.74, 6) is 2.29. The van der Waals surface area contributed by atoms with Crippen LogP contribution in [0, 0.1) is 5.92 Å². The molecule has 0 N–H and O–H groups in total. The molecule has 0 heterocycles. The van der Waals surface area contributed by atoms with E-state index >= 15 is 0 Å². The first-order chi connectivity index (χ1) is 11.8. The molecule has 0 radical (unpaired) electrons. The van der Waals surface area contributed by atoms with Crippen LogP contribution >= 0.6 is 11.6 Å². The zero-order valence-corrected chi connectivity index (χ0v) is 15.0. The highest BCUT2D eigenvalue weighted by atomic mass is 35.5. The first-order valence-electron chi connectivity index (χ1n) is 8.90. The molecule has 0 amide bonds. The van der Waals surface area contributed by atoms with Crippen molar-refractivity contribution in [3.05, 3.63) is 65.7 Å². The van der Waals surface area contributed by atoms with Crippen molar-refractivity contribution in [3.8, 4) is 16.9 Å². The van der Waals surface area contributed by atoms with Gasteiger partial charge in [0.2, 0.25) is 0 Å². The number of benzene rings is 2. The molecular formula is C22H25ClO. The maximum absolute atomic E-state index is 5.70. The average Bonchev–Trinajstić information content (AvgIpc) is 2.64. The van der Waals surface area contributed by atoms with E-state index in [1.807, 2.05) is 19.1 Å². The molecule has 2 aromatic rings. The largest absolute Gasteiger partial charge is 0.494 e. The normalized spacial score (nSPS) is 21.1. The number of hydrogen-bond acceptors (Lipinski definition) is 1. The van der Waals surface area contributed by atoms with Gasteiger partial charge in [-0.3, -0.25) is 0 Å². The van der Waals surface area contributed by atoms with Crippen LogP contribution in [0.15, 0.2) is 60.1 Å². The molecule has 2 heteroatoms. The van der Waals surface area contributed by atoms with Crippen LogP contribution in [0.4, 0.5) is 0 Å². The maximum Gasteiger partial charge on any atom is 0.119 e. The molecule has 0 unspecified atom stereocenters. The van der Waals surface area contributed by atoms with Crippen molar-refractivity contribution in [2.24, 2.45) is 5.92 Å². The monoisotopic (exact) mass is 340 g/mol. The Bertz CT molecular complexity index is 649. The molecule has 24 heavy (non-hydrogen) atoms. The van der Waals surface area contributed by atoms with Crippen molar-refractivity contribution in [1.82, 2.24) is 0 Å². The second-order valence-electron chi connectivity index (χ2n) is 6.51. The van der Waals surface area contributed by atoms with Crippen LogP contribution in [0.1, 0.15) is 44.1 Å². The molecule has 1 nitrogen and oxygen atoms in total. The zero-order chi connectivity index (χ0) is 16.8. The standard InChI is InChI=1S/C22H25ClO/c1-2-24-22-13-11-21(12-14-22)20-9-7-19(8-10-20)18-5-3-17(4-6-18)15-16-23/h7-18H,2-6H2,1H3. The molecule has 2 aromatic carbocycles. The molecule has 0 atom stereocenters. The Hall–Kier alpha value is -1.73. The highest BCUT2D eigenvalue weighted by molar-refractivity contribution is 6.25. The van der Waals surface area contributed by atoms with Crippen molar-refractivity contribution in [3.63, 3.8) is 0 Å². The molecule has 0 aliphatic heterocycles. The van der Waals surface area contributed by atoms with E-state index in [-0.39, 0.29) is 0 Å². The summed E-state index contributed by atoms with van der Waals surface area (Å²) in [5, 5.41) is 0. The third-order valence-corrected chi connectivity index (χ3v) is 5.14. The fourth-order valence-electron chi connectivity index (χ4n) is 3.61. The third-order valence-electron chi connectivity index (χ3n) is 5.00. The fourth-order valence-corrected chi connectivity index (χ4v) is 3.81. The minimum atomic E-state index is 0.668. The summed E-state index contributed by atoms with van der Waals surface area (Å²) in [5.41, 5.74) is 5.65. The highest BCUT2D eigenvalue weighted by Gasteiger charge is 2.20. The quantitative estimate of drug-likeness (QED) is 0.583. The first-order valence-corrected chi connectivity index (χ1v) is 9.34. The Morgan fingerprint density at radius 1 is 0.917 bits per heavy atom. The van der Waals surface area contributed by atoms with Crippen LogP contribution in [0.25, 0.3) is 11.1 Å². The Kier molecular flexibility index (Phi) is 5.98. The van der Waals surface area contributed by atoms with Crippen LogP contribution in [0.3, 0.4) is 0 Å². The van der Waals surface area contributed by atoms with Crippen molar-refractivity contribution in [1.29, 1.82) is 0 Å². The highest BCUT2D eigenvalue weighted by Crippen LogP contribution is 2.37. The topological polar surface area (TPSA) is 9.23 Å². The van der Waals surface area contributed by atoms with E-state index in [1.165, 1.54) is 42.4 Å². The van der Waals surface area contributed by atoms with Gasteiger partial charge in [0.1, 0.15) is 5.75 Å². The van der Waals surface area contributed by atoms with E-state index in [1.54, 1.807) is 5.54 Å². The Balaban J connectivity index is 1.65. The minimum Gasteiger partial charge on any atom is -0.494 e. The number of rotatable bonds is 5. The van der Waals surface area contributed by atoms with E-state index in [4.69, 9.17) is 16.3 Å². The second-order valence-corrected chi connectivity index (χ2v) is 6.76. The smallest absolute Gasteiger partial charge is 0.119 e. The molecule has 1 aliphatic rings. The van der Waals surface area contributed by atoms with Gasteiger partial charge < -0.3 is 4.74 Å². The summed E-state index contributed by atoms with van der Waals surface area (Å²) in [7, 11) is 0. The van der Waals surface area contributed by atoms with Crippen molar-refractivity contribution in [2.75, 3.05) is 6.61 Å². The molecule has 0 bridgehead atoms. The predicted molar refractivity (Wildman–Crippen MR) is 103 cm³/mol. The van der Waals surface area contributed by atoms with E-state index in [2.05, 4.69) is 42.5 Å². The van der Waals surface area contributed by atoms with Crippen LogP contribution in [-0.2, 0) is 0 Å². The van der Waals surface area contributed by atoms with Crippen LogP contribution in [-0.4, -0.2) is 6.61 Å². The van der Waals surface area contributed by atoms with Crippen LogP contribution in [0.2, 0.25) is 0 Å². The van der Waals surface area contributed by atoms with Gasteiger partial charge in [-0.05, 0) is 73.3 Å². The fraction of sp³-hybridized carbons (Fsp3) is 0.364. The zero-order valence-electron chi connectivity index (χ0n) is 14.2. The van der Waals surface area contributed by atoms with Gasteiger partial charge in [0, 0.05) is 5.54 Å². The maximum atomic E-state index is 5.70. The number of hydrogen-bond donors (Lipinski definition) is 0. The summed E-state index contributed by atoms with van der Waals surface area (Å²) in [6.07, 6.45) is 7.15. The van der Waals surface area contributed by atoms with E-state index in [0.29, 0.717) is 18.4 Å². The van der Waals surface area contributed by atoms with Gasteiger partial charge >= 0.3 is 0 Å².